The van der Waals surface area contributed by atoms with Crippen LogP contribution in [0.2, 0.25) is 10.0 Å². The molecule has 4 amide bonds. The molecule has 2 atom stereocenters. The minimum atomic E-state index is -1.31. The number of halogens is 3. The third-order valence-electron chi connectivity index (χ3n) is 6.08. The van der Waals surface area contributed by atoms with E-state index in [0.717, 1.165) is 10.5 Å². The van der Waals surface area contributed by atoms with E-state index in [1.807, 2.05) is 0 Å². The number of urea groups is 1. The summed E-state index contributed by atoms with van der Waals surface area (Å²) in [6.07, 6.45) is 0. The highest BCUT2D eigenvalue weighted by molar-refractivity contribution is 9.09. The summed E-state index contributed by atoms with van der Waals surface area (Å²) in [7, 11) is 1.56. The van der Waals surface area contributed by atoms with Gasteiger partial charge in [0.1, 0.15) is 5.54 Å². The minimum absolute atomic E-state index is 0.0496. The van der Waals surface area contributed by atoms with E-state index in [4.69, 9.17) is 28.5 Å². The van der Waals surface area contributed by atoms with Gasteiger partial charge in [-0.15, -0.1) is 0 Å². The molecule has 2 aliphatic heterocycles. The van der Waals surface area contributed by atoms with Crippen LogP contribution in [-0.2, 0) is 9.59 Å². The normalized spacial score (nSPS) is 22.7. The molecule has 0 aliphatic carbocycles. The molecular formula is C22H17BrCl2N4O3. The first-order chi connectivity index (χ1) is 15.2. The lowest BCUT2D eigenvalue weighted by Crippen LogP contribution is -2.54. The first kappa shape index (κ1) is 22.6. The summed E-state index contributed by atoms with van der Waals surface area (Å²) in [6.45, 7) is 0.303. The molecule has 0 saturated carbocycles. The molecule has 2 aromatic rings. The number of alkyl halides is 1. The van der Waals surface area contributed by atoms with E-state index >= 15 is 0 Å². The number of hydrogen-bond acceptors (Lipinski definition) is 4. The van der Waals surface area contributed by atoms with Crippen LogP contribution in [0.1, 0.15) is 17.0 Å². The predicted octanol–water partition coefficient (Wildman–Crippen LogP) is 4.02. The quantitative estimate of drug-likeness (QED) is 0.439. The summed E-state index contributed by atoms with van der Waals surface area (Å²) < 4.78 is 0. The van der Waals surface area contributed by atoms with Crippen molar-refractivity contribution in [1.29, 1.82) is 5.26 Å². The molecule has 4 rings (SSSR count). The number of hydrogen-bond donors (Lipinski definition) is 0. The summed E-state index contributed by atoms with van der Waals surface area (Å²) >= 11 is 15.4. The highest BCUT2D eigenvalue weighted by Gasteiger charge is 2.64. The van der Waals surface area contributed by atoms with Crippen molar-refractivity contribution in [2.24, 2.45) is 0 Å². The average molecular weight is 536 g/mol. The highest BCUT2D eigenvalue weighted by atomic mass is 79.9. The maximum absolute atomic E-state index is 13.9. The number of benzene rings is 2. The second-order valence-electron chi connectivity index (χ2n) is 7.73. The van der Waals surface area contributed by atoms with Crippen LogP contribution < -0.4 is 4.90 Å². The summed E-state index contributed by atoms with van der Waals surface area (Å²) in [5.41, 5.74) is 0.196. The lowest BCUT2D eigenvalue weighted by atomic mass is 9.80. The molecule has 1 spiro atoms. The topological polar surface area (TPSA) is 84.7 Å². The van der Waals surface area contributed by atoms with Crippen molar-refractivity contribution < 1.29 is 14.4 Å². The third-order valence-corrected chi connectivity index (χ3v) is 6.99. The van der Waals surface area contributed by atoms with Gasteiger partial charge in [0.05, 0.1) is 29.2 Å². The Morgan fingerprint density at radius 1 is 1.19 bits per heavy atom. The Morgan fingerprint density at radius 2 is 1.81 bits per heavy atom. The average Bonchev–Trinajstić information content (AvgIpc) is 3.26. The van der Waals surface area contributed by atoms with E-state index < -0.39 is 23.4 Å². The second-order valence-corrected chi connectivity index (χ2v) is 9.16. The Hall–Kier alpha value is -2.60. The van der Waals surface area contributed by atoms with Crippen molar-refractivity contribution in [1.82, 2.24) is 9.80 Å². The van der Waals surface area contributed by atoms with Crippen molar-refractivity contribution in [3.05, 3.63) is 63.6 Å². The molecular weight excluding hydrogens is 519 g/mol. The van der Waals surface area contributed by atoms with Gasteiger partial charge in [-0.05, 0) is 35.9 Å². The predicted molar refractivity (Wildman–Crippen MR) is 124 cm³/mol. The van der Waals surface area contributed by atoms with Crippen LogP contribution in [0.15, 0.2) is 42.5 Å². The van der Waals surface area contributed by atoms with Gasteiger partial charge in [0.25, 0.3) is 5.91 Å². The number of rotatable bonds is 3. The van der Waals surface area contributed by atoms with Crippen LogP contribution in [0.4, 0.5) is 10.5 Å². The molecule has 2 heterocycles. The van der Waals surface area contributed by atoms with E-state index in [0.29, 0.717) is 15.6 Å². The number of anilines is 1. The van der Waals surface area contributed by atoms with Crippen LogP contribution in [0.3, 0.4) is 0 Å². The largest absolute Gasteiger partial charge is 0.338 e. The molecule has 7 nitrogen and oxygen atoms in total. The Labute approximate surface area is 203 Å². The van der Waals surface area contributed by atoms with Gasteiger partial charge in [-0.1, -0.05) is 51.3 Å². The number of likely N-dealkylation sites (tertiary alicyclic amines) is 1. The monoisotopic (exact) mass is 534 g/mol. The zero-order chi connectivity index (χ0) is 23.2. The van der Waals surface area contributed by atoms with Crippen LogP contribution >= 0.6 is 39.1 Å². The Balaban J connectivity index is 1.84. The van der Waals surface area contributed by atoms with E-state index in [1.165, 1.54) is 23.1 Å². The molecule has 0 bridgehead atoms. The number of likely N-dealkylation sites (N-methyl/N-ethyl adjacent to an activating group) is 1. The Kier molecular flexibility index (Phi) is 5.93. The van der Waals surface area contributed by atoms with Crippen LogP contribution in [0.25, 0.3) is 0 Å². The van der Waals surface area contributed by atoms with Gasteiger partial charge >= 0.3 is 6.03 Å². The molecule has 2 saturated heterocycles. The van der Waals surface area contributed by atoms with Gasteiger partial charge in [-0.3, -0.25) is 9.59 Å². The lowest BCUT2D eigenvalue weighted by Gasteiger charge is -2.33. The van der Waals surface area contributed by atoms with Crippen molar-refractivity contribution in [2.75, 3.05) is 30.4 Å². The molecule has 2 aliphatic rings. The number of carbonyl (C=O) groups excluding carboxylic acids is 3. The molecule has 32 heavy (non-hydrogen) atoms. The highest BCUT2D eigenvalue weighted by Crippen LogP contribution is 2.46. The smallest absolute Gasteiger partial charge is 0.332 e. The van der Waals surface area contributed by atoms with Gasteiger partial charge in [0, 0.05) is 29.6 Å². The molecule has 0 radical (unpaired) electrons. The van der Waals surface area contributed by atoms with Gasteiger partial charge < -0.3 is 9.80 Å². The van der Waals surface area contributed by atoms with Gasteiger partial charge in [0.2, 0.25) is 5.91 Å². The fourth-order valence-corrected chi connectivity index (χ4v) is 5.35. The fourth-order valence-electron chi connectivity index (χ4n) is 4.48. The van der Waals surface area contributed by atoms with E-state index in [-0.39, 0.29) is 30.0 Å². The van der Waals surface area contributed by atoms with Crippen molar-refractivity contribution in [2.45, 2.75) is 11.5 Å². The Bertz CT molecular complexity index is 1150. The number of imide groups is 1. The number of carbonyl (C=O) groups is 3. The maximum atomic E-state index is 13.9. The van der Waals surface area contributed by atoms with Crippen LogP contribution in [0, 0.1) is 11.3 Å². The summed E-state index contributed by atoms with van der Waals surface area (Å²) in [5, 5.41) is 9.82. The van der Waals surface area contributed by atoms with Gasteiger partial charge in [-0.25, -0.2) is 9.69 Å². The Morgan fingerprint density at radius 3 is 2.38 bits per heavy atom. The van der Waals surface area contributed by atoms with Crippen molar-refractivity contribution >= 4 is 62.7 Å². The number of nitriles is 1. The molecule has 2 fully saturated rings. The lowest BCUT2D eigenvalue weighted by molar-refractivity contribution is -0.128. The molecule has 0 aromatic heterocycles. The molecule has 0 unspecified atom stereocenters. The van der Waals surface area contributed by atoms with E-state index in [2.05, 4.69) is 22.0 Å². The van der Waals surface area contributed by atoms with Crippen molar-refractivity contribution in [3.63, 3.8) is 0 Å². The molecule has 10 heteroatoms. The van der Waals surface area contributed by atoms with E-state index in [9.17, 15) is 14.4 Å². The zero-order valence-electron chi connectivity index (χ0n) is 16.9. The molecule has 164 valence electrons. The van der Waals surface area contributed by atoms with Crippen LogP contribution in [-0.4, -0.2) is 58.7 Å². The molecule has 2 aromatic carbocycles. The first-order valence-corrected chi connectivity index (χ1v) is 11.5. The SMILES string of the molecule is CN1C(=O)N(c2cc(Cl)cc(Cl)c2)C(=O)[C@]12CN(C(=O)CBr)C[C@H]2c1ccc(C#N)cc1. The standard InChI is InChI=1S/C22H17BrCl2N4O3/c1-27-21(32)29(17-7-15(24)6-16(25)8-17)20(31)22(27)12-28(19(30)9-23)11-18(22)14-4-2-13(10-26)3-5-14/h2-8,18H,9,11-12H2,1H3/t18-,22+/m0/s1. The fraction of sp³-hybridized carbons (Fsp3) is 0.273. The van der Waals surface area contributed by atoms with E-state index in [1.54, 1.807) is 36.2 Å². The summed E-state index contributed by atoms with van der Waals surface area (Å²) in [4.78, 5) is 43.8. The van der Waals surface area contributed by atoms with Gasteiger partial charge in [-0.2, -0.15) is 5.26 Å². The minimum Gasteiger partial charge on any atom is -0.338 e. The van der Waals surface area contributed by atoms with Crippen molar-refractivity contribution in [3.8, 4) is 6.07 Å². The second kappa shape index (κ2) is 8.39. The summed E-state index contributed by atoms with van der Waals surface area (Å²) in [6, 6.07) is 12.9. The first-order valence-electron chi connectivity index (χ1n) is 9.65. The number of nitrogens with zero attached hydrogens (tertiary/aromatic N) is 4. The molecule has 0 N–H and O–H groups in total. The third kappa shape index (κ3) is 3.45. The maximum Gasteiger partial charge on any atom is 0.332 e. The zero-order valence-corrected chi connectivity index (χ0v) is 20.0. The summed E-state index contributed by atoms with van der Waals surface area (Å²) in [5.74, 6) is -1.12. The van der Waals surface area contributed by atoms with Crippen LogP contribution in [0.5, 0.6) is 0 Å². The van der Waals surface area contributed by atoms with Gasteiger partial charge in [0.15, 0.2) is 0 Å². The number of amides is 4.